The standard InChI is InChI=1S/C19H24N4O2S/c1-22(2)17-12-20-13-18(21-17)25-15-8-10-23(14-15)19(24)9-11-26-16-6-4-3-5-7-16/h3-7,12-13,15H,8-11,14H2,1-2H3. The van der Waals surface area contributed by atoms with E-state index in [4.69, 9.17) is 4.74 Å². The molecule has 26 heavy (non-hydrogen) atoms. The zero-order valence-corrected chi connectivity index (χ0v) is 16.0. The number of anilines is 1. The highest BCUT2D eigenvalue weighted by atomic mass is 32.2. The maximum absolute atomic E-state index is 12.4. The third-order valence-corrected chi connectivity index (χ3v) is 5.18. The number of ether oxygens (including phenoxy) is 1. The van der Waals surface area contributed by atoms with Gasteiger partial charge in [-0.15, -0.1) is 11.8 Å². The van der Waals surface area contributed by atoms with E-state index in [1.807, 2.05) is 42.1 Å². The molecule has 2 aromatic rings. The molecule has 1 amide bonds. The summed E-state index contributed by atoms with van der Waals surface area (Å²) in [4.78, 5) is 26.0. The van der Waals surface area contributed by atoms with Gasteiger partial charge >= 0.3 is 0 Å². The number of carbonyl (C=O) groups is 1. The van der Waals surface area contributed by atoms with Crippen LogP contribution in [0, 0.1) is 0 Å². The summed E-state index contributed by atoms with van der Waals surface area (Å²) < 4.78 is 5.92. The highest BCUT2D eigenvalue weighted by molar-refractivity contribution is 7.99. The van der Waals surface area contributed by atoms with E-state index in [0.717, 1.165) is 24.5 Å². The number of carbonyl (C=O) groups excluding carboxylic acids is 1. The Balaban J connectivity index is 1.44. The lowest BCUT2D eigenvalue weighted by molar-refractivity contribution is -0.129. The third-order valence-electron chi connectivity index (χ3n) is 4.17. The molecular weight excluding hydrogens is 348 g/mol. The lowest BCUT2D eigenvalue weighted by Crippen LogP contribution is -2.31. The predicted molar refractivity (Wildman–Crippen MR) is 104 cm³/mol. The normalized spacial score (nSPS) is 16.5. The highest BCUT2D eigenvalue weighted by Crippen LogP contribution is 2.21. The van der Waals surface area contributed by atoms with E-state index in [0.29, 0.717) is 18.8 Å². The zero-order valence-electron chi connectivity index (χ0n) is 15.2. The number of amides is 1. The second kappa shape index (κ2) is 8.89. The van der Waals surface area contributed by atoms with Gasteiger partial charge in [0.15, 0.2) is 5.82 Å². The molecule has 1 aliphatic rings. The third kappa shape index (κ3) is 5.11. The molecule has 0 bridgehead atoms. The molecule has 1 aromatic carbocycles. The summed E-state index contributed by atoms with van der Waals surface area (Å²) in [5, 5.41) is 0. The summed E-state index contributed by atoms with van der Waals surface area (Å²) in [5.41, 5.74) is 0. The number of hydrogen-bond donors (Lipinski definition) is 0. The van der Waals surface area contributed by atoms with Crippen molar-refractivity contribution in [3.05, 3.63) is 42.7 Å². The average Bonchev–Trinajstić information content (AvgIpc) is 3.11. The van der Waals surface area contributed by atoms with Crippen LogP contribution in [-0.2, 0) is 4.79 Å². The fourth-order valence-electron chi connectivity index (χ4n) is 2.76. The molecule has 0 spiro atoms. The zero-order chi connectivity index (χ0) is 18.4. The molecule has 7 heteroatoms. The van der Waals surface area contributed by atoms with Crippen molar-refractivity contribution in [2.24, 2.45) is 0 Å². The van der Waals surface area contributed by atoms with Crippen LogP contribution < -0.4 is 9.64 Å². The van der Waals surface area contributed by atoms with Gasteiger partial charge in [0.25, 0.3) is 0 Å². The van der Waals surface area contributed by atoms with Crippen LogP contribution in [0.4, 0.5) is 5.82 Å². The number of likely N-dealkylation sites (tertiary alicyclic amines) is 1. The number of rotatable bonds is 7. The molecule has 1 aliphatic heterocycles. The van der Waals surface area contributed by atoms with E-state index in [1.165, 1.54) is 4.90 Å². The Morgan fingerprint density at radius 1 is 1.31 bits per heavy atom. The number of thioether (sulfide) groups is 1. The van der Waals surface area contributed by atoms with Crippen LogP contribution in [0.15, 0.2) is 47.6 Å². The summed E-state index contributed by atoms with van der Waals surface area (Å²) in [6.07, 6.45) is 4.66. The summed E-state index contributed by atoms with van der Waals surface area (Å²) >= 11 is 1.71. The first kappa shape index (κ1) is 18.5. The van der Waals surface area contributed by atoms with Crippen molar-refractivity contribution in [3.8, 4) is 5.88 Å². The van der Waals surface area contributed by atoms with Crippen molar-refractivity contribution in [2.75, 3.05) is 37.8 Å². The first-order valence-electron chi connectivity index (χ1n) is 8.73. The van der Waals surface area contributed by atoms with Gasteiger partial charge in [-0.2, -0.15) is 4.98 Å². The number of benzene rings is 1. The van der Waals surface area contributed by atoms with Gasteiger partial charge in [0, 0.05) is 44.1 Å². The lowest BCUT2D eigenvalue weighted by Gasteiger charge is -2.17. The minimum atomic E-state index is -0.0209. The molecule has 0 radical (unpaired) electrons. The van der Waals surface area contributed by atoms with Gasteiger partial charge < -0.3 is 14.5 Å². The van der Waals surface area contributed by atoms with Crippen molar-refractivity contribution < 1.29 is 9.53 Å². The van der Waals surface area contributed by atoms with Gasteiger partial charge in [0.2, 0.25) is 11.8 Å². The smallest absolute Gasteiger partial charge is 0.234 e. The van der Waals surface area contributed by atoms with E-state index < -0.39 is 0 Å². The Labute approximate surface area is 158 Å². The van der Waals surface area contributed by atoms with Crippen LogP contribution >= 0.6 is 11.8 Å². The van der Waals surface area contributed by atoms with E-state index >= 15 is 0 Å². The quantitative estimate of drug-likeness (QED) is 0.697. The van der Waals surface area contributed by atoms with Gasteiger partial charge in [-0.3, -0.25) is 9.78 Å². The van der Waals surface area contributed by atoms with Crippen LogP contribution in [0.2, 0.25) is 0 Å². The molecule has 2 heterocycles. The summed E-state index contributed by atoms with van der Waals surface area (Å²) in [5.74, 6) is 2.25. The first-order chi connectivity index (χ1) is 12.6. The Hall–Kier alpha value is -2.28. The second-order valence-electron chi connectivity index (χ2n) is 6.39. The van der Waals surface area contributed by atoms with E-state index in [9.17, 15) is 4.79 Å². The molecule has 1 aromatic heterocycles. The maximum Gasteiger partial charge on any atom is 0.234 e. The maximum atomic E-state index is 12.4. The summed E-state index contributed by atoms with van der Waals surface area (Å²) in [6.45, 7) is 1.35. The fourth-order valence-corrected chi connectivity index (χ4v) is 3.63. The molecule has 1 atom stereocenters. The van der Waals surface area contributed by atoms with Gasteiger partial charge in [0.1, 0.15) is 6.10 Å². The summed E-state index contributed by atoms with van der Waals surface area (Å²) in [6, 6.07) is 10.2. The Morgan fingerprint density at radius 2 is 2.12 bits per heavy atom. The van der Waals surface area contributed by atoms with E-state index in [2.05, 4.69) is 22.1 Å². The van der Waals surface area contributed by atoms with Gasteiger partial charge in [-0.05, 0) is 12.1 Å². The predicted octanol–water partition coefficient (Wildman–Crippen LogP) is 2.70. The molecule has 1 unspecified atom stereocenters. The van der Waals surface area contributed by atoms with Crippen molar-refractivity contribution in [1.82, 2.24) is 14.9 Å². The second-order valence-corrected chi connectivity index (χ2v) is 7.56. The minimum absolute atomic E-state index is 0.0209. The van der Waals surface area contributed by atoms with E-state index in [1.54, 1.807) is 24.2 Å². The minimum Gasteiger partial charge on any atom is -0.471 e. The Kier molecular flexibility index (Phi) is 6.33. The molecular formula is C19H24N4O2S. The van der Waals surface area contributed by atoms with Crippen molar-refractivity contribution in [2.45, 2.75) is 23.8 Å². The van der Waals surface area contributed by atoms with Crippen molar-refractivity contribution in [1.29, 1.82) is 0 Å². The molecule has 1 fully saturated rings. The van der Waals surface area contributed by atoms with Crippen LogP contribution in [0.1, 0.15) is 12.8 Å². The van der Waals surface area contributed by atoms with Crippen molar-refractivity contribution >= 4 is 23.5 Å². The first-order valence-corrected chi connectivity index (χ1v) is 9.72. The summed E-state index contributed by atoms with van der Waals surface area (Å²) in [7, 11) is 3.83. The highest BCUT2D eigenvalue weighted by Gasteiger charge is 2.27. The SMILES string of the molecule is CN(C)c1cncc(OC2CCN(C(=O)CCSc3ccccc3)C2)n1. The molecule has 138 valence electrons. The molecule has 0 N–H and O–H groups in total. The molecule has 3 rings (SSSR count). The van der Waals surface area contributed by atoms with Crippen LogP contribution in [0.5, 0.6) is 5.88 Å². The Bertz CT molecular complexity index is 726. The monoisotopic (exact) mass is 372 g/mol. The molecule has 6 nitrogen and oxygen atoms in total. The van der Waals surface area contributed by atoms with Crippen LogP contribution in [-0.4, -0.2) is 59.8 Å². The lowest BCUT2D eigenvalue weighted by atomic mass is 10.3. The number of aromatic nitrogens is 2. The fraction of sp³-hybridized carbons (Fsp3) is 0.421. The molecule has 0 aliphatic carbocycles. The number of nitrogens with zero attached hydrogens (tertiary/aromatic N) is 4. The van der Waals surface area contributed by atoms with Gasteiger partial charge in [-0.1, -0.05) is 18.2 Å². The molecule has 0 saturated carbocycles. The number of hydrogen-bond acceptors (Lipinski definition) is 6. The molecule has 1 saturated heterocycles. The van der Waals surface area contributed by atoms with Crippen molar-refractivity contribution in [3.63, 3.8) is 0 Å². The Morgan fingerprint density at radius 3 is 2.88 bits per heavy atom. The van der Waals surface area contributed by atoms with E-state index in [-0.39, 0.29) is 12.0 Å². The largest absolute Gasteiger partial charge is 0.471 e. The average molecular weight is 372 g/mol. The van der Waals surface area contributed by atoms with Crippen LogP contribution in [0.25, 0.3) is 0 Å². The van der Waals surface area contributed by atoms with Gasteiger partial charge in [-0.25, -0.2) is 0 Å². The van der Waals surface area contributed by atoms with Gasteiger partial charge in [0.05, 0.1) is 18.9 Å². The topological polar surface area (TPSA) is 58.6 Å². The van der Waals surface area contributed by atoms with Crippen LogP contribution in [0.3, 0.4) is 0 Å².